The lowest BCUT2D eigenvalue weighted by molar-refractivity contribution is -0.384. The molecule has 33 heavy (non-hydrogen) atoms. The van der Waals surface area contributed by atoms with E-state index in [2.05, 4.69) is 29.4 Å². The van der Waals surface area contributed by atoms with E-state index in [0.29, 0.717) is 51.3 Å². The Kier molecular flexibility index (Phi) is 9.60. The van der Waals surface area contributed by atoms with Crippen molar-refractivity contribution in [2.24, 2.45) is 11.3 Å². The molecule has 1 aliphatic rings. The SMILES string of the molecule is COCCNc1ccc(C(=O)N2CCC(C(=O)NCC(C)(C)CN(C)C)CC2)cc1[N+](=O)[O-]. The van der Waals surface area contributed by atoms with Crippen LogP contribution >= 0.6 is 0 Å². The second kappa shape index (κ2) is 11.9. The number of nitro benzene ring substituents is 1. The Morgan fingerprint density at radius 1 is 1.27 bits per heavy atom. The third-order valence-electron chi connectivity index (χ3n) is 5.70. The van der Waals surface area contributed by atoms with E-state index in [1.807, 2.05) is 14.1 Å². The fourth-order valence-electron chi connectivity index (χ4n) is 4.16. The molecule has 1 aliphatic heterocycles. The minimum atomic E-state index is -0.500. The molecule has 0 unspecified atom stereocenters. The monoisotopic (exact) mass is 463 g/mol. The lowest BCUT2D eigenvalue weighted by atomic mass is 9.91. The molecular weight excluding hydrogens is 426 g/mol. The first-order valence-electron chi connectivity index (χ1n) is 11.3. The molecule has 0 spiro atoms. The molecule has 2 amide bonds. The van der Waals surface area contributed by atoms with Gasteiger partial charge < -0.3 is 25.2 Å². The topological polar surface area (TPSA) is 117 Å². The number of nitrogens with one attached hydrogen (secondary N) is 2. The van der Waals surface area contributed by atoms with E-state index in [9.17, 15) is 19.7 Å². The Morgan fingerprint density at radius 2 is 1.94 bits per heavy atom. The number of ether oxygens (including phenoxy) is 1. The summed E-state index contributed by atoms with van der Waals surface area (Å²) in [5, 5.41) is 17.5. The average Bonchev–Trinajstić information content (AvgIpc) is 2.76. The standard InChI is InChI=1S/C23H37N5O5/c1-23(2,16-26(3)4)15-25-21(29)17-8-11-27(12-9-17)22(30)18-6-7-19(24-10-13-33-5)20(14-18)28(31)32/h6-7,14,17,24H,8-13,15-16H2,1-5H3,(H,25,29). The van der Waals surface area contributed by atoms with E-state index >= 15 is 0 Å². The van der Waals surface area contributed by atoms with Crippen LogP contribution in [0.1, 0.15) is 37.0 Å². The Hall–Kier alpha value is -2.72. The molecule has 0 aromatic heterocycles. The molecule has 0 atom stereocenters. The number of rotatable bonds is 11. The summed E-state index contributed by atoms with van der Waals surface area (Å²) in [6.07, 6.45) is 1.15. The smallest absolute Gasteiger partial charge is 0.293 e. The number of hydrogen-bond acceptors (Lipinski definition) is 7. The number of nitro groups is 1. The Bertz CT molecular complexity index is 835. The lowest BCUT2D eigenvalue weighted by Gasteiger charge is -2.33. The zero-order chi connectivity index (χ0) is 24.6. The van der Waals surface area contributed by atoms with Crippen LogP contribution in [0.25, 0.3) is 0 Å². The van der Waals surface area contributed by atoms with Gasteiger partial charge in [-0.2, -0.15) is 0 Å². The molecule has 1 saturated heterocycles. The van der Waals surface area contributed by atoms with Crippen molar-refractivity contribution in [2.45, 2.75) is 26.7 Å². The number of carbonyl (C=O) groups is 2. The number of piperidine rings is 1. The van der Waals surface area contributed by atoms with Gasteiger partial charge in [-0.25, -0.2) is 0 Å². The van der Waals surface area contributed by atoms with Gasteiger partial charge in [0.05, 0.1) is 11.5 Å². The molecule has 0 radical (unpaired) electrons. The summed E-state index contributed by atoms with van der Waals surface area (Å²) in [5.41, 5.74) is 0.440. The lowest BCUT2D eigenvalue weighted by Crippen LogP contribution is -2.46. The van der Waals surface area contributed by atoms with Gasteiger partial charge in [0.1, 0.15) is 5.69 Å². The van der Waals surface area contributed by atoms with Gasteiger partial charge in [0.2, 0.25) is 5.91 Å². The first-order chi connectivity index (χ1) is 15.5. The molecule has 1 heterocycles. The molecule has 2 N–H and O–H groups in total. The van der Waals surface area contributed by atoms with Crippen LogP contribution < -0.4 is 10.6 Å². The number of hydrogen-bond donors (Lipinski definition) is 2. The van der Waals surface area contributed by atoms with Gasteiger partial charge in [-0.3, -0.25) is 19.7 Å². The van der Waals surface area contributed by atoms with Crippen molar-refractivity contribution in [1.29, 1.82) is 0 Å². The van der Waals surface area contributed by atoms with Gasteiger partial charge >= 0.3 is 0 Å². The van der Waals surface area contributed by atoms with Crippen LogP contribution in [0, 0.1) is 21.4 Å². The summed E-state index contributed by atoms with van der Waals surface area (Å²) < 4.78 is 4.95. The minimum absolute atomic E-state index is 0.0241. The number of benzene rings is 1. The van der Waals surface area contributed by atoms with Gasteiger partial charge in [-0.15, -0.1) is 0 Å². The number of anilines is 1. The fraction of sp³-hybridized carbons (Fsp3) is 0.652. The van der Waals surface area contributed by atoms with Gasteiger partial charge in [-0.1, -0.05) is 13.8 Å². The van der Waals surface area contributed by atoms with E-state index in [1.165, 1.54) is 6.07 Å². The largest absolute Gasteiger partial charge is 0.383 e. The summed E-state index contributed by atoms with van der Waals surface area (Å²) in [4.78, 5) is 40.3. The minimum Gasteiger partial charge on any atom is -0.383 e. The molecule has 1 fully saturated rings. The predicted octanol–water partition coefficient (Wildman–Crippen LogP) is 2.21. The molecule has 10 heteroatoms. The van der Waals surface area contributed by atoms with Crippen molar-refractivity contribution in [3.8, 4) is 0 Å². The fourth-order valence-corrected chi connectivity index (χ4v) is 4.16. The Morgan fingerprint density at radius 3 is 2.52 bits per heavy atom. The third kappa shape index (κ3) is 7.97. The molecule has 1 aromatic rings. The highest BCUT2D eigenvalue weighted by Crippen LogP contribution is 2.27. The number of nitrogens with zero attached hydrogens (tertiary/aromatic N) is 3. The maximum absolute atomic E-state index is 12.9. The first-order valence-corrected chi connectivity index (χ1v) is 11.3. The van der Waals surface area contributed by atoms with E-state index in [-0.39, 0.29) is 34.4 Å². The first kappa shape index (κ1) is 26.5. The van der Waals surface area contributed by atoms with Gasteiger partial charge in [0.15, 0.2) is 0 Å². The van der Waals surface area contributed by atoms with Crippen LogP contribution in [0.5, 0.6) is 0 Å². The van der Waals surface area contributed by atoms with Crippen LogP contribution in [-0.4, -0.2) is 87.1 Å². The maximum Gasteiger partial charge on any atom is 0.293 e. The van der Waals surface area contributed by atoms with Crippen molar-refractivity contribution in [1.82, 2.24) is 15.1 Å². The second-order valence-electron chi connectivity index (χ2n) is 9.59. The van der Waals surface area contributed by atoms with Gasteiger partial charge in [-0.05, 0) is 44.5 Å². The summed E-state index contributed by atoms with van der Waals surface area (Å²) in [7, 11) is 5.57. The predicted molar refractivity (Wildman–Crippen MR) is 127 cm³/mol. The van der Waals surface area contributed by atoms with E-state index in [4.69, 9.17) is 4.74 Å². The highest BCUT2D eigenvalue weighted by Gasteiger charge is 2.30. The number of amides is 2. The van der Waals surface area contributed by atoms with Crippen LogP contribution in [0.3, 0.4) is 0 Å². The zero-order valence-electron chi connectivity index (χ0n) is 20.3. The number of likely N-dealkylation sites (tertiary alicyclic amines) is 1. The summed E-state index contributed by atoms with van der Waals surface area (Å²) in [5.74, 6) is -0.366. The highest BCUT2D eigenvalue weighted by atomic mass is 16.6. The number of methoxy groups -OCH3 is 1. The van der Waals surface area contributed by atoms with Crippen molar-refractivity contribution in [3.63, 3.8) is 0 Å². The maximum atomic E-state index is 12.9. The molecule has 10 nitrogen and oxygen atoms in total. The van der Waals surface area contributed by atoms with Crippen LogP contribution in [-0.2, 0) is 9.53 Å². The molecule has 1 aromatic carbocycles. The highest BCUT2D eigenvalue weighted by molar-refractivity contribution is 5.96. The molecular formula is C23H37N5O5. The molecule has 2 rings (SSSR count). The molecule has 184 valence electrons. The Balaban J connectivity index is 1.93. The van der Waals surface area contributed by atoms with Crippen molar-refractivity contribution in [3.05, 3.63) is 33.9 Å². The van der Waals surface area contributed by atoms with Crippen molar-refractivity contribution < 1.29 is 19.2 Å². The van der Waals surface area contributed by atoms with Gasteiger partial charge in [0.25, 0.3) is 11.6 Å². The summed E-state index contributed by atoms with van der Waals surface area (Å²) in [6.45, 7) is 7.42. The number of carbonyl (C=O) groups excluding carboxylic acids is 2. The van der Waals surface area contributed by atoms with E-state index in [1.54, 1.807) is 24.1 Å². The Labute approximate surface area is 195 Å². The van der Waals surface area contributed by atoms with Crippen LogP contribution in [0.15, 0.2) is 18.2 Å². The summed E-state index contributed by atoms with van der Waals surface area (Å²) >= 11 is 0. The molecule has 0 bridgehead atoms. The van der Waals surface area contributed by atoms with Crippen LogP contribution in [0.4, 0.5) is 11.4 Å². The molecule has 0 aliphatic carbocycles. The zero-order valence-corrected chi connectivity index (χ0v) is 20.3. The summed E-state index contributed by atoms with van der Waals surface area (Å²) in [6, 6.07) is 4.45. The van der Waals surface area contributed by atoms with E-state index < -0.39 is 4.92 Å². The normalized spacial score (nSPS) is 14.9. The third-order valence-corrected chi connectivity index (χ3v) is 5.70. The van der Waals surface area contributed by atoms with E-state index in [0.717, 1.165) is 6.54 Å². The van der Waals surface area contributed by atoms with Crippen LogP contribution in [0.2, 0.25) is 0 Å². The second-order valence-corrected chi connectivity index (χ2v) is 9.59. The van der Waals surface area contributed by atoms with Crippen molar-refractivity contribution in [2.75, 3.05) is 65.9 Å². The quantitative estimate of drug-likeness (QED) is 0.293. The average molecular weight is 464 g/mol. The molecule has 0 saturated carbocycles. The van der Waals surface area contributed by atoms with Gasteiger partial charge in [0, 0.05) is 57.4 Å². The van der Waals surface area contributed by atoms with Crippen molar-refractivity contribution >= 4 is 23.2 Å².